The van der Waals surface area contributed by atoms with Crippen LogP contribution in [0.2, 0.25) is 0 Å². The van der Waals surface area contributed by atoms with Gasteiger partial charge >= 0.3 is 5.97 Å². The van der Waals surface area contributed by atoms with Crippen molar-refractivity contribution in [3.05, 3.63) is 30.1 Å². The normalized spacial score (nSPS) is 14.5. The highest BCUT2D eigenvalue weighted by atomic mass is 32.2. The van der Waals surface area contributed by atoms with Crippen LogP contribution >= 0.6 is 0 Å². The molecule has 1 rings (SSSR count). The molecular weight excluding hydrogens is 214 g/mol. The van der Waals surface area contributed by atoms with Crippen LogP contribution in [0.5, 0.6) is 0 Å². The van der Waals surface area contributed by atoms with Gasteiger partial charge in [0.1, 0.15) is 5.25 Å². The molecule has 4 nitrogen and oxygen atoms in total. The Morgan fingerprint density at radius 3 is 2.80 bits per heavy atom. The molecule has 0 aliphatic rings. The Morgan fingerprint density at radius 1 is 1.60 bits per heavy atom. The number of rotatable bonds is 5. The standard InChI is InChI=1S/C10H13NO3S/c1-2-9(10(12)13)15(14)7-8-5-3-4-6-11-8/h3-6,9H,2,7H2,1H3,(H,12,13). The lowest BCUT2D eigenvalue weighted by Crippen LogP contribution is -2.25. The number of aromatic nitrogens is 1. The summed E-state index contributed by atoms with van der Waals surface area (Å²) >= 11 is 0. The SMILES string of the molecule is CCC(C(=O)O)S(=O)Cc1ccccn1. The topological polar surface area (TPSA) is 67.3 Å². The largest absolute Gasteiger partial charge is 0.480 e. The van der Waals surface area contributed by atoms with Crippen LogP contribution in [-0.2, 0) is 21.3 Å². The molecule has 0 amide bonds. The van der Waals surface area contributed by atoms with Crippen molar-refractivity contribution in [1.82, 2.24) is 4.98 Å². The second-order valence-electron chi connectivity index (χ2n) is 3.08. The molecule has 0 radical (unpaired) electrons. The quantitative estimate of drug-likeness (QED) is 0.820. The molecule has 0 aliphatic carbocycles. The Labute approximate surface area is 90.8 Å². The molecule has 0 bridgehead atoms. The molecule has 1 aromatic heterocycles. The predicted octanol–water partition coefficient (Wildman–Crippen LogP) is 1.19. The van der Waals surface area contributed by atoms with Gasteiger partial charge in [-0.2, -0.15) is 0 Å². The van der Waals surface area contributed by atoms with Crippen molar-refractivity contribution < 1.29 is 14.1 Å². The van der Waals surface area contributed by atoms with Crippen LogP contribution in [0.4, 0.5) is 0 Å². The number of nitrogens with zero attached hydrogens (tertiary/aromatic N) is 1. The minimum atomic E-state index is -1.40. The number of carboxylic acids is 1. The minimum absolute atomic E-state index is 0.200. The Hall–Kier alpha value is -1.23. The molecule has 0 spiro atoms. The van der Waals surface area contributed by atoms with Gasteiger partial charge in [0.25, 0.3) is 0 Å². The fraction of sp³-hybridized carbons (Fsp3) is 0.400. The number of carbonyl (C=O) groups is 1. The van der Waals surface area contributed by atoms with Crippen LogP contribution in [0.3, 0.4) is 0 Å². The average molecular weight is 227 g/mol. The van der Waals surface area contributed by atoms with Crippen molar-refractivity contribution in [1.29, 1.82) is 0 Å². The van der Waals surface area contributed by atoms with Gasteiger partial charge in [-0.3, -0.25) is 14.0 Å². The number of hydrogen-bond acceptors (Lipinski definition) is 3. The summed E-state index contributed by atoms with van der Waals surface area (Å²) in [5, 5.41) is 8.01. The zero-order chi connectivity index (χ0) is 11.3. The molecule has 5 heteroatoms. The molecule has 0 fully saturated rings. The molecule has 82 valence electrons. The first-order valence-corrected chi connectivity index (χ1v) is 6.03. The van der Waals surface area contributed by atoms with Crippen molar-refractivity contribution in [2.45, 2.75) is 24.3 Å². The van der Waals surface area contributed by atoms with Gasteiger partial charge in [-0.25, -0.2) is 0 Å². The van der Waals surface area contributed by atoms with Gasteiger partial charge in [0.2, 0.25) is 0 Å². The molecule has 2 unspecified atom stereocenters. The number of pyridine rings is 1. The van der Waals surface area contributed by atoms with Gasteiger partial charge in [0, 0.05) is 17.0 Å². The summed E-state index contributed by atoms with van der Waals surface area (Å²) < 4.78 is 11.7. The highest BCUT2D eigenvalue weighted by Gasteiger charge is 2.22. The molecule has 0 saturated carbocycles. The van der Waals surface area contributed by atoms with E-state index in [1.165, 1.54) is 0 Å². The summed E-state index contributed by atoms with van der Waals surface area (Å²) in [6, 6.07) is 5.30. The minimum Gasteiger partial charge on any atom is -0.480 e. The van der Waals surface area contributed by atoms with E-state index in [1.807, 2.05) is 0 Å². The molecule has 0 aromatic carbocycles. The smallest absolute Gasteiger partial charge is 0.319 e. The summed E-state index contributed by atoms with van der Waals surface area (Å²) in [6.45, 7) is 1.72. The summed E-state index contributed by atoms with van der Waals surface area (Å²) in [6.07, 6.45) is 1.98. The van der Waals surface area contributed by atoms with E-state index in [9.17, 15) is 9.00 Å². The maximum Gasteiger partial charge on any atom is 0.319 e. The highest BCUT2D eigenvalue weighted by molar-refractivity contribution is 7.85. The zero-order valence-electron chi connectivity index (χ0n) is 8.42. The highest BCUT2D eigenvalue weighted by Crippen LogP contribution is 2.08. The van der Waals surface area contributed by atoms with Crippen molar-refractivity contribution in [2.75, 3.05) is 0 Å². The van der Waals surface area contributed by atoms with E-state index in [-0.39, 0.29) is 5.75 Å². The zero-order valence-corrected chi connectivity index (χ0v) is 9.24. The van der Waals surface area contributed by atoms with Crippen LogP contribution in [0.25, 0.3) is 0 Å². The Balaban J connectivity index is 2.66. The molecular formula is C10H13NO3S. The number of carboxylic acid groups (broad SMARTS) is 1. The fourth-order valence-electron chi connectivity index (χ4n) is 1.20. The van der Waals surface area contributed by atoms with Crippen LogP contribution < -0.4 is 0 Å². The third-order valence-electron chi connectivity index (χ3n) is 1.98. The van der Waals surface area contributed by atoms with Gasteiger partial charge in [-0.15, -0.1) is 0 Å². The summed E-state index contributed by atoms with van der Waals surface area (Å²) in [5.74, 6) is -0.808. The predicted molar refractivity (Wildman–Crippen MR) is 57.8 cm³/mol. The second-order valence-corrected chi connectivity index (χ2v) is 4.70. The Bertz CT molecular complexity index is 353. The van der Waals surface area contributed by atoms with Gasteiger partial charge < -0.3 is 5.11 Å². The van der Waals surface area contributed by atoms with Crippen LogP contribution in [-0.4, -0.2) is 25.5 Å². The van der Waals surface area contributed by atoms with Crippen LogP contribution in [0.1, 0.15) is 19.0 Å². The third-order valence-corrected chi connectivity index (χ3v) is 3.73. The monoisotopic (exact) mass is 227 g/mol. The molecule has 1 aromatic rings. The molecule has 0 aliphatic heterocycles. The van der Waals surface area contributed by atoms with Crippen molar-refractivity contribution in [2.24, 2.45) is 0 Å². The van der Waals surface area contributed by atoms with E-state index in [4.69, 9.17) is 5.11 Å². The lowest BCUT2D eigenvalue weighted by molar-refractivity contribution is -0.136. The average Bonchev–Trinajstić information content (AvgIpc) is 2.19. The molecule has 2 atom stereocenters. The van der Waals surface area contributed by atoms with Crippen LogP contribution in [0, 0.1) is 0 Å². The van der Waals surface area contributed by atoms with Crippen LogP contribution in [0.15, 0.2) is 24.4 Å². The molecule has 1 N–H and O–H groups in total. The molecule has 0 saturated heterocycles. The molecule has 1 heterocycles. The maximum absolute atomic E-state index is 11.7. The summed E-state index contributed by atoms with van der Waals surface area (Å²) in [5.41, 5.74) is 0.663. The van der Waals surface area contributed by atoms with Crippen molar-refractivity contribution in [3.63, 3.8) is 0 Å². The lowest BCUT2D eigenvalue weighted by atomic mass is 10.3. The second kappa shape index (κ2) is 5.60. The van der Waals surface area contributed by atoms with Gasteiger partial charge in [-0.1, -0.05) is 13.0 Å². The van der Waals surface area contributed by atoms with E-state index in [0.29, 0.717) is 12.1 Å². The first-order chi connectivity index (χ1) is 7.15. The third kappa shape index (κ3) is 3.43. The molecule has 15 heavy (non-hydrogen) atoms. The van der Waals surface area contributed by atoms with E-state index in [0.717, 1.165) is 0 Å². The van der Waals surface area contributed by atoms with E-state index in [1.54, 1.807) is 31.3 Å². The van der Waals surface area contributed by atoms with Crippen molar-refractivity contribution in [3.8, 4) is 0 Å². The summed E-state index contributed by atoms with van der Waals surface area (Å²) in [7, 11) is -1.40. The Morgan fingerprint density at radius 2 is 2.33 bits per heavy atom. The maximum atomic E-state index is 11.7. The number of aliphatic carboxylic acids is 1. The van der Waals surface area contributed by atoms with Gasteiger partial charge in [0.15, 0.2) is 0 Å². The first-order valence-electron chi connectivity index (χ1n) is 4.65. The van der Waals surface area contributed by atoms with Gasteiger partial charge in [-0.05, 0) is 18.6 Å². The fourth-order valence-corrected chi connectivity index (χ4v) is 2.46. The van der Waals surface area contributed by atoms with E-state index in [2.05, 4.69) is 4.98 Å². The van der Waals surface area contributed by atoms with Gasteiger partial charge in [0.05, 0.1) is 11.4 Å². The van der Waals surface area contributed by atoms with Crippen molar-refractivity contribution >= 4 is 16.8 Å². The number of hydrogen-bond donors (Lipinski definition) is 1. The lowest BCUT2D eigenvalue weighted by Gasteiger charge is -2.08. The first kappa shape index (κ1) is 11.8. The summed E-state index contributed by atoms with van der Waals surface area (Å²) in [4.78, 5) is 14.8. The Kier molecular flexibility index (Phi) is 4.42. The van der Waals surface area contributed by atoms with E-state index >= 15 is 0 Å². The van der Waals surface area contributed by atoms with E-state index < -0.39 is 22.0 Å².